The van der Waals surface area contributed by atoms with Gasteiger partial charge in [-0.05, 0) is 70.6 Å². The lowest BCUT2D eigenvalue weighted by atomic mass is 10.0. The fourth-order valence-corrected chi connectivity index (χ4v) is 11.3. The Labute approximate surface area is 522 Å². The summed E-state index contributed by atoms with van der Waals surface area (Å²) in [7, 11) is 1.31. The van der Waals surface area contributed by atoms with E-state index in [4.69, 9.17) is 9.05 Å². The summed E-state index contributed by atoms with van der Waals surface area (Å²) in [6.07, 6.45) is 92.3. The number of phosphoric ester groups is 1. The second kappa shape index (κ2) is 65.1. The van der Waals surface area contributed by atoms with Crippen molar-refractivity contribution in [2.24, 2.45) is 0 Å². The third-order valence-corrected chi connectivity index (χ3v) is 17.1. The van der Waals surface area contributed by atoms with Gasteiger partial charge < -0.3 is 28.8 Å². The summed E-state index contributed by atoms with van der Waals surface area (Å²) >= 11 is 0. The van der Waals surface area contributed by atoms with E-state index in [9.17, 15) is 19.4 Å². The highest BCUT2D eigenvalue weighted by Gasteiger charge is 2.24. The molecule has 0 aliphatic carbocycles. The predicted octanol–water partition coefficient (Wildman–Crippen LogP) is 22.5. The molecule has 2 N–H and O–H groups in total. The van der Waals surface area contributed by atoms with Gasteiger partial charge in [-0.25, -0.2) is 0 Å². The highest BCUT2D eigenvalue weighted by atomic mass is 31.2. The summed E-state index contributed by atoms with van der Waals surface area (Å²) in [4.78, 5) is 25.7. The second-order valence-electron chi connectivity index (χ2n) is 25.6. The number of carbonyl (C=O) groups excluding carboxylic acids is 1. The van der Waals surface area contributed by atoms with Crippen LogP contribution in [0.2, 0.25) is 0 Å². The van der Waals surface area contributed by atoms with Crippen LogP contribution in [0.5, 0.6) is 0 Å². The van der Waals surface area contributed by atoms with Crippen molar-refractivity contribution >= 4 is 13.7 Å². The molecule has 0 bridgehead atoms. The van der Waals surface area contributed by atoms with Crippen molar-refractivity contribution in [1.29, 1.82) is 0 Å². The standard InChI is InChI=1S/C75H139N2O6P/c1-6-8-10-12-14-16-18-20-22-24-26-28-29-30-31-32-33-34-35-36-37-38-39-40-41-42-43-44-45-46-47-49-51-53-55-57-59-61-63-65-67-69-75(79)76-73(72-83-84(80,81)82-71-70-77(3,4)5)74(78)68-66-64-62-60-58-56-54-52-50-48-27-25-23-21-19-17-15-13-11-9-7-2/h8,10,14,16,20,22,26,28,30-31,33-34,36-37,73-74,78H,6-7,9,11-13,15,17-19,21,23-25,27,29,32,35,38-72H2,1-5H3,(H-,76,79,80,81)/b10-8-,16-14-,22-20-,28-26-,31-30-,34-33-,37-36-. The number of hydrogen-bond donors (Lipinski definition) is 2. The summed E-state index contributed by atoms with van der Waals surface area (Å²) in [5, 5.41) is 14.1. The maximum absolute atomic E-state index is 13.1. The van der Waals surface area contributed by atoms with Crippen LogP contribution >= 0.6 is 7.82 Å². The summed E-state index contributed by atoms with van der Waals surface area (Å²) in [5.74, 6) is -0.160. The van der Waals surface area contributed by atoms with E-state index in [1.807, 2.05) is 21.1 Å². The average molecular weight is 1200 g/mol. The third-order valence-electron chi connectivity index (χ3n) is 16.1. The van der Waals surface area contributed by atoms with Gasteiger partial charge in [0, 0.05) is 6.42 Å². The van der Waals surface area contributed by atoms with Gasteiger partial charge in [0.1, 0.15) is 13.2 Å². The van der Waals surface area contributed by atoms with Crippen molar-refractivity contribution in [1.82, 2.24) is 5.32 Å². The Balaban J connectivity index is 3.95. The minimum atomic E-state index is -4.58. The van der Waals surface area contributed by atoms with Gasteiger partial charge in [0.05, 0.1) is 39.9 Å². The van der Waals surface area contributed by atoms with Gasteiger partial charge in [-0.2, -0.15) is 0 Å². The number of unbranched alkanes of at least 4 members (excludes halogenated alkanes) is 39. The molecule has 84 heavy (non-hydrogen) atoms. The van der Waals surface area contributed by atoms with Crippen molar-refractivity contribution in [3.8, 4) is 0 Å². The molecular weight excluding hydrogens is 1060 g/mol. The van der Waals surface area contributed by atoms with Crippen LogP contribution in [-0.4, -0.2) is 68.5 Å². The maximum atomic E-state index is 13.1. The monoisotopic (exact) mass is 1200 g/mol. The minimum absolute atomic E-state index is 0.0121. The van der Waals surface area contributed by atoms with Crippen LogP contribution in [0.4, 0.5) is 0 Å². The van der Waals surface area contributed by atoms with Crippen LogP contribution in [0.3, 0.4) is 0 Å². The van der Waals surface area contributed by atoms with Crippen LogP contribution in [0.1, 0.15) is 335 Å². The number of carbonyl (C=O) groups is 1. The molecule has 0 radical (unpaired) electrons. The first kappa shape index (κ1) is 81.7. The molecule has 0 aromatic rings. The van der Waals surface area contributed by atoms with Gasteiger partial charge in [-0.1, -0.05) is 343 Å². The van der Waals surface area contributed by atoms with Crippen molar-refractivity contribution in [3.05, 3.63) is 85.1 Å². The highest BCUT2D eigenvalue weighted by Crippen LogP contribution is 2.38. The first-order chi connectivity index (χ1) is 41.0. The Bertz CT molecular complexity index is 1650. The molecule has 0 rings (SSSR count). The zero-order chi connectivity index (χ0) is 61.2. The molecule has 3 unspecified atom stereocenters. The number of amides is 1. The molecule has 8 nitrogen and oxygen atoms in total. The van der Waals surface area contributed by atoms with E-state index in [-0.39, 0.29) is 19.1 Å². The van der Waals surface area contributed by atoms with E-state index in [0.717, 1.165) is 83.5 Å². The van der Waals surface area contributed by atoms with Crippen molar-refractivity contribution in [2.75, 3.05) is 40.9 Å². The molecule has 9 heteroatoms. The smallest absolute Gasteiger partial charge is 0.268 e. The molecule has 0 heterocycles. The summed E-state index contributed by atoms with van der Waals surface area (Å²) in [6, 6.07) is -0.803. The van der Waals surface area contributed by atoms with Crippen molar-refractivity contribution in [2.45, 2.75) is 347 Å². The number of aliphatic hydroxyl groups is 1. The molecule has 0 aliphatic heterocycles. The Kier molecular flexibility index (Phi) is 63.3. The van der Waals surface area contributed by atoms with Crippen LogP contribution in [0, 0.1) is 0 Å². The number of hydrogen-bond acceptors (Lipinski definition) is 6. The average Bonchev–Trinajstić information content (AvgIpc) is 3.56. The molecule has 0 spiro atoms. The normalized spacial score (nSPS) is 14.1. The van der Waals surface area contributed by atoms with E-state index in [0.29, 0.717) is 23.9 Å². The number of likely N-dealkylation sites (N-methyl/N-ethyl adjacent to an activating group) is 1. The van der Waals surface area contributed by atoms with E-state index in [1.54, 1.807) is 0 Å². The third kappa shape index (κ3) is 67.2. The Morgan fingerprint density at radius 2 is 0.726 bits per heavy atom. The first-order valence-electron chi connectivity index (χ1n) is 35.9. The number of quaternary nitrogens is 1. The fraction of sp³-hybridized carbons (Fsp3) is 0.800. The van der Waals surface area contributed by atoms with Gasteiger partial charge in [0.25, 0.3) is 7.82 Å². The second-order valence-corrected chi connectivity index (χ2v) is 27.0. The zero-order valence-electron chi connectivity index (χ0n) is 56.1. The maximum Gasteiger partial charge on any atom is 0.268 e. The van der Waals surface area contributed by atoms with Crippen molar-refractivity contribution < 1.29 is 32.9 Å². The Hall–Kier alpha value is -2.32. The topological polar surface area (TPSA) is 108 Å². The van der Waals surface area contributed by atoms with Crippen LogP contribution in [0.25, 0.3) is 0 Å². The van der Waals surface area contributed by atoms with Crippen LogP contribution in [-0.2, 0) is 18.4 Å². The molecule has 0 saturated carbocycles. The predicted molar refractivity (Wildman–Crippen MR) is 367 cm³/mol. The minimum Gasteiger partial charge on any atom is -0.756 e. The Morgan fingerprint density at radius 1 is 0.429 bits per heavy atom. The lowest BCUT2D eigenvalue weighted by Gasteiger charge is -2.30. The molecular formula is C75H139N2O6P. The molecule has 490 valence electrons. The highest BCUT2D eigenvalue weighted by molar-refractivity contribution is 7.45. The van der Waals surface area contributed by atoms with E-state index in [1.165, 1.54) is 225 Å². The molecule has 1 amide bonds. The number of rotatable bonds is 66. The largest absolute Gasteiger partial charge is 0.756 e. The quantitative estimate of drug-likeness (QED) is 0.0272. The van der Waals surface area contributed by atoms with Crippen LogP contribution < -0.4 is 10.2 Å². The van der Waals surface area contributed by atoms with Gasteiger partial charge in [-0.15, -0.1) is 0 Å². The molecule has 0 aliphatic rings. The fourth-order valence-electron chi connectivity index (χ4n) is 10.6. The lowest BCUT2D eigenvalue weighted by Crippen LogP contribution is -2.46. The number of phosphoric acid groups is 1. The Morgan fingerprint density at radius 3 is 1.06 bits per heavy atom. The van der Waals surface area contributed by atoms with E-state index in [2.05, 4.69) is 104 Å². The van der Waals surface area contributed by atoms with E-state index < -0.39 is 20.0 Å². The molecule has 3 atom stereocenters. The summed E-state index contributed by atoms with van der Waals surface area (Å²) < 4.78 is 23.5. The number of nitrogens with zero attached hydrogens (tertiary/aromatic N) is 1. The van der Waals surface area contributed by atoms with Crippen molar-refractivity contribution in [3.63, 3.8) is 0 Å². The van der Waals surface area contributed by atoms with Gasteiger partial charge >= 0.3 is 0 Å². The van der Waals surface area contributed by atoms with Crippen LogP contribution in [0.15, 0.2) is 85.1 Å². The number of nitrogens with one attached hydrogen (secondary N) is 1. The van der Waals surface area contributed by atoms with Gasteiger partial charge in [-0.3, -0.25) is 9.36 Å². The lowest BCUT2D eigenvalue weighted by molar-refractivity contribution is -0.870. The molecule has 0 aromatic heterocycles. The summed E-state index contributed by atoms with van der Waals surface area (Å²) in [6.45, 7) is 4.65. The molecule has 0 fully saturated rings. The number of allylic oxidation sites excluding steroid dienone is 14. The SMILES string of the molecule is CC/C=C\C/C=C\C/C=C\C/C=C\C/C=C\C/C=C\C/C=C\CCCCCCCCCCCCCCCCCCCCCC(=O)NC(COP(=O)([O-])OCC[N+](C)(C)C)C(O)CCCCCCCCCCCCCCCCCCCCCCC. The first-order valence-corrected chi connectivity index (χ1v) is 37.4. The van der Waals surface area contributed by atoms with Gasteiger partial charge in [0.2, 0.25) is 5.91 Å². The zero-order valence-corrected chi connectivity index (χ0v) is 57.0. The molecule has 0 saturated heterocycles. The van der Waals surface area contributed by atoms with E-state index >= 15 is 0 Å². The summed E-state index contributed by atoms with van der Waals surface area (Å²) in [5.41, 5.74) is 0. The molecule has 0 aromatic carbocycles. The number of aliphatic hydroxyl groups excluding tert-OH is 1. The van der Waals surface area contributed by atoms with Gasteiger partial charge in [0.15, 0.2) is 0 Å².